The molecule has 158 valence electrons. The van der Waals surface area contributed by atoms with Crippen LogP contribution in [0.2, 0.25) is 0 Å². The van der Waals surface area contributed by atoms with Crippen molar-refractivity contribution in [2.24, 2.45) is 0 Å². The molecule has 0 spiro atoms. The van der Waals surface area contributed by atoms with Crippen molar-refractivity contribution in [1.82, 2.24) is 21.3 Å². The van der Waals surface area contributed by atoms with Crippen LogP contribution >= 0.6 is 0 Å². The molecule has 0 fully saturated rings. The zero-order valence-electron chi connectivity index (χ0n) is 16.2. The van der Waals surface area contributed by atoms with Crippen LogP contribution in [0, 0.1) is 0 Å². The van der Waals surface area contributed by atoms with Crippen LogP contribution in [0.4, 0.5) is 0 Å². The van der Waals surface area contributed by atoms with Crippen LogP contribution < -0.4 is 21.3 Å². The smallest absolute Gasteiger partial charge is 0.303 e. The van der Waals surface area contributed by atoms with Crippen molar-refractivity contribution < 1.29 is 29.1 Å². The average Bonchev–Trinajstić information content (AvgIpc) is 2.67. The summed E-state index contributed by atoms with van der Waals surface area (Å²) < 4.78 is 0. The number of nitrogens with one attached hydrogen (secondary N) is 4. The minimum absolute atomic E-state index is 0.0584. The van der Waals surface area contributed by atoms with Crippen molar-refractivity contribution in [3.8, 4) is 0 Å². The fourth-order valence-corrected chi connectivity index (χ4v) is 2.37. The van der Waals surface area contributed by atoms with Crippen molar-refractivity contribution >= 4 is 29.6 Å². The van der Waals surface area contributed by atoms with Crippen LogP contribution in [-0.4, -0.2) is 60.4 Å². The van der Waals surface area contributed by atoms with Gasteiger partial charge in [-0.05, 0) is 12.0 Å². The van der Waals surface area contributed by atoms with Crippen LogP contribution in [-0.2, 0) is 30.4 Å². The van der Waals surface area contributed by atoms with Gasteiger partial charge in [-0.1, -0.05) is 30.3 Å². The molecular formula is C19H26N4O6. The lowest BCUT2D eigenvalue weighted by atomic mass is 10.1. The van der Waals surface area contributed by atoms with E-state index in [2.05, 4.69) is 21.3 Å². The summed E-state index contributed by atoms with van der Waals surface area (Å²) in [5, 5.41) is 18.3. The Bertz CT molecular complexity index is 723. The monoisotopic (exact) mass is 406 g/mol. The molecule has 0 radical (unpaired) electrons. The van der Waals surface area contributed by atoms with Crippen LogP contribution in [0.1, 0.15) is 25.3 Å². The first kappa shape index (κ1) is 23.6. The molecule has 0 aliphatic carbocycles. The lowest BCUT2D eigenvalue weighted by Gasteiger charge is -2.17. The van der Waals surface area contributed by atoms with E-state index >= 15 is 0 Å². The van der Waals surface area contributed by atoms with Gasteiger partial charge in [0.05, 0.1) is 13.1 Å². The SMILES string of the molecule is CC(=O)N[C@@H](Cc1ccccc1)C(=O)NCC(=O)NCC(=O)NCCCC(=O)O. The fourth-order valence-electron chi connectivity index (χ4n) is 2.37. The van der Waals surface area contributed by atoms with Gasteiger partial charge in [-0.15, -0.1) is 0 Å². The molecule has 5 N–H and O–H groups in total. The molecule has 10 heteroatoms. The molecule has 29 heavy (non-hydrogen) atoms. The highest BCUT2D eigenvalue weighted by Crippen LogP contribution is 2.03. The van der Waals surface area contributed by atoms with Crippen LogP contribution in [0.25, 0.3) is 0 Å². The third kappa shape index (κ3) is 11.1. The largest absolute Gasteiger partial charge is 0.481 e. The van der Waals surface area contributed by atoms with Crippen LogP contribution in [0.3, 0.4) is 0 Å². The summed E-state index contributed by atoms with van der Waals surface area (Å²) in [7, 11) is 0. The predicted octanol–water partition coefficient (Wildman–Crippen LogP) is -1.05. The normalized spacial score (nSPS) is 11.1. The van der Waals surface area contributed by atoms with E-state index < -0.39 is 29.7 Å². The Hall–Kier alpha value is -3.43. The lowest BCUT2D eigenvalue weighted by Crippen LogP contribution is -2.50. The van der Waals surface area contributed by atoms with Gasteiger partial charge in [0.1, 0.15) is 6.04 Å². The van der Waals surface area contributed by atoms with Gasteiger partial charge in [0.15, 0.2) is 0 Å². The molecule has 0 aliphatic rings. The van der Waals surface area contributed by atoms with E-state index in [0.29, 0.717) is 0 Å². The van der Waals surface area contributed by atoms with Crippen molar-refractivity contribution in [3.05, 3.63) is 35.9 Å². The van der Waals surface area contributed by atoms with Gasteiger partial charge in [0, 0.05) is 26.3 Å². The molecule has 0 heterocycles. The second kappa shape index (κ2) is 12.9. The van der Waals surface area contributed by atoms with Gasteiger partial charge in [-0.2, -0.15) is 0 Å². The fraction of sp³-hybridized carbons (Fsp3) is 0.421. The van der Waals surface area contributed by atoms with E-state index in [4.69, 9.17) is 5.11 Å². The summed E-state index contributed by atoms with van der Waals surface area (Å²) in [6.45, 7) is 0.847. The minimum Gasteiger partial charge on any atom is -0.481 e. The molecule has 0 saturated heterocycles. The maximum Gasteiger partial charge on any atom is 0.303 e. The Kier molecular flexibility index (Phi) is 10.5. The van der Waals surface area contributed by atoms with Crippen molar-refractivity contribution in [3.63, 3.8) is 0 Å². The number of hydrogen-bond acceptors (Lipinski definition) is 5. The van der Waals surface area contributed by atoms with E-state index in [1.807, 2.05) is 30.3 Å². The Balaban J connectivity index is 2.37. The lowest BCUT2D eigenvalue weighted by molar-refractivity contribution is -0.137. The summed E-state index contributed by atoms with van der Waals surface area (Å²) in [6.07, 6.45) is 0.501. The van der Waals surface area contributed by atoms with Gasteiger partial charge in [-0.25, -0.2) is 0 Å². The van der Waals surface area contributed by atoms with Gasteiger partial charge >= 0.3 is 5.97 Å². The van der Waals surface area contributed by atoms with Crippen molar-refractivity contribution in [2.75, 3.05) is 19.6 Å². The number of carboxylic acid groups (broad SMARTS) is 1. The zero-order chi connectivity index (χ0) is 21.6. The number of carbonyl (C=O) groups excluding carboxylic acids is 4. The molecule has 0 bridgehead atoms. The summed E-state index contributed by atoms with van der Waals surface area (Å²) in [4.78, 5) is 57.4. The first-order valence-corrected chi connectivity index (χ1v) is 9.12. The Labute approximate surface area is 168 Å². The summed E-state index contributed by atoms with van der Waals surface area (Å²) in [5.41, 5.74) is 0.852. The zero-order valence-corrected chi connectivity index (χ0v) is 16.2. The predicted molar refractivity (Wildman–Crippen MR) is 104 cm³/mol. The Morgan fingerprint density at radius 3 is 2.17 bits per heavy atom. The molecule has 1 rings (SSSR count). The number of benzene rings is 1. The molecule has 0 aliphatic heterocycles. The highest BCUT2D eigenvalue weighted by molar-refractivity contribution is 5.91. The first-order chi connectivity index (χ1) is 13.8. The molecule has 4 amide bonds. The molecule has 1 atom stereocenters. The minimum atomic E-state index is -0.951. The van der Waals surface area contributed by atoms with Gasteiger partial charge in [0.25, 0.3) is 0 Å². The van der Waals surface area contributed by atoms with Gasteiger partial charge in [-0.3, -0.25) is 24.0 Å². The molecular weight excluding hydrogens is 380 g/mol. The number of carboxylic acids is 1. The second-order valence-electron chi connectivity index (χ2n) is 6.28. The number of carbonyl (C=O) groups is 5. The number of rotatable bonds is 12. The van der Waals surface area contributed by atoms with E-state index in [-0.39, 0.29) is 44.8 Å². The van der Waals surface area contributed by atoms with E-state index in [0.717, 1.165) is 5.56 Å². The third-order valence-corrected chi connectivity index (χ3v) is 3.74. The van der Waals surface area contributed by atoms with Crippen molar-refractivity contribution in [2.45, 2.75) is 32.2 Å². The Morgan fingerprint density at radius 1 is 0.931 bits per heavy atom. The van der Waals surface area contributed by atoms with Gasteiger partial charge < -0.3 is 26.4 Å². The number of amides is 4. The molecule has 0 unspecified atom stereocenters. The van der Waals surface area contributed by atoms with Crippen LogP contribution in [0.15, 0.2) is 30.3 Å². The van der Waals surface area contributed by atoms with E-state index in [1.165, 1.54) is 6.92 Å². The number of aliphatic carboxylic acids is 1. The molecule has 1 aromatic rings. The second-order valence-corrected chi connectivity index (χ2v) is 6.28. The summed E-state index contributed by atoms with van der Waals surface area (Å²) in [6, 6.07) is 8.29. The van der Waals surface area contributed by atoms with Crippen LogP contribution in [0.5, 0.6) is 0 Å². The molecule has 1 aromatic carbocycles. The molecule has 0 saturated carbocycles. The summed E-state index contributed by atoms with van der Waals surface area (Å²) >= 11 is 0. The highest BCUT2D eigenvalue weighted by Gasteiger charge is 2.20. The summed E-state index contributed by atoms with van der Waals surface area (Å²) in [5.74, 6) is -2.87. The average molecular weight is 406 g/mol. The molecule has 0 aromatic heterocycles. The van der Waals surface area contributed by atoms with E-state index in [1.54, 1.807) is 0 Å². The Morgan fingerprint density at radius 2 is 1.55 bits per heavy atom. The highest BCUT2D eigenvalue weighted by atomic mass is 16.4. The molecule has 10 nitrogen and oxygen atoms in total. The van der Waals surface area contributed by atoms with E-state index in [9.17, 15) is 24.0 Å². The third-order valence-electron chi connectivity index (χ3n) is 3.74. The number of hydrogen-bond donors (Lipinski definition) is 5. The van der Waals surface area contributed by atoms with Crippen molar-refractivity contribution in [1.29, 1.82) is 0 Å². The topological polar surface area (TPSA) is 154 Å². The maximum absolute atomic E-state index is 12.3. The quantitative estimate of drug-likeness (QED) is 0.279. The first-order valence-electron chi connectivity index (χ1n) is 9.12. The maximum atomic E-state index is 12.3. The standard InChI is InChI=1S/C19H26N4O6/c1-13(24)23-15(10-14-6-3-2-4-7-14)19(29)22-12-17(26)21-11-16(25)20-9-5-8-18(27)28/h2-4,6-7,15H,5,8-12H2,1H3,(H,20,25)(H,21,26)(H,22,29)(H,23,24)(H,27,28)/t15-/m0/s1. The van der Waals surface area contributed by atoms with Gasteiger partial charge in [0.2, 0.25) is 23.6 Å².